The van der Waals surface area contributed by atoms with Gasteiger partial charge in [0.25, 0.3) is 0 Å². The van der Waals surface area contributed by atoms with Crippen molar-refractivity contribution in [2.24, 2.45) is 5.92 Å². The minimum absolute atomic E-state index is 0.148. The Bertz CT molecular complexity index is 1370. The first-order chi connectivity index (χ1) is 17.8. The van der Waals surface area contributed by atoms with E-state index in [1.807, 2.05) is 6.92 Å². The highest BCUT2D eigenvalue weighted by molar-refractivity contribution is 6.01. The molecule has 3 aromatic rings. The van der Waals surface area contributed by atoms with Crippen molar-refractivity contribution in [3.63, 3.8) is 0 Å². The van der Waals surface area contributed by atoms with Crippen LogP contribution in [-0.4, -0.2) is 22.8 Å². The summed E-state index contributed by atoms with van der Waals surface area (Å²) in [6, 6.07) is 8.83. The molecule has 5 nitrogen and oxygen atoms in total. The summed E-state index contributed by atoms with van der Waals surface area (Å²) in [5.74, 6) is -1.25. The summed E-state index contributed by atoms with van der Waals surface area (Å²) in [6.45, 7) is 3.08. The number of hydrogen-bond acceptors (Lipinski definition) is 3. The number of nitrogens with zero attached hydrogens (tertiary/aromatic N) is 2. The fraction of sp³-hybridized carbons (Fsp3) is 0.370. The molecule has 2 amide bonds. The molecule has 38 heavy (non-hydrogen) atoms. The number of para-hydroxylation sites is 1. The van der Waals surface area contributed by atoms with E-state index in [1.54, 1.807) is 31.2 Å². The monoisotopic (exact) mass is 537 g/mol. The number of pyridine rings is 1. The normalized spacial score (nSPS) is 17.2. The minimum Gasteiger partial charge on any atom is -0.344 e. The molecule has 2 heterocycles. The third-order valence-electron chi connectivity index (χ3n) is 6.77. The molecule has 2 atom stereocenters. The highest BCUT2D eigenvalue weighted by atomic mass is 19.4. The Morgan fingerprint density at radius 3 is 2.45 bits per heavy atom. The van der Waals surface area contributed by atoms with Gasteiger partial charge in [-0.05, 0) is 60.7 Å². The highest BCUT2D eigenvalue weighted by Crippen LogP contribution is 2.37. The van der Waals surface area contributed by atoms with Gasteiger partial charge in [0.1, 0.15) is 11.7 Å². The number of nitrogens with one attached hydrogen (secondary N) is 1. The summed E-state index contributed by atoms with van der Waals surface area (Å²) in [5.41, 5.74) is -1.61. The van der Waals surface area contributed by atoms with Crippen molar-refractivity contribution >= 4 is 28.4 Å². The van der Waals surface area contributed by atoms with Gasteiger partial charge in [0.15, 0.2) is 0 Å². The fourth-order valence-corrected chi connectivity index (χ4v) is 4.43. The zero-order chi connectivity index (χ0) is 27.8. The summed E-state index contributed by atoms with van der Waals surface area (Å²) in [7, 11) is 0. The maximum absolute atomic E-state index is 13.7. The molecule has 1 aliphatic rings. The second-order valence-electron chi connectivity index (χ2n) is 9.36. The second-order valence-corrected chi connectivity index (χ2v) is 9.36. The Labute approximate surface area is 214 Å². The van der Waals surface area contributed by atoms with Gasteiger partial charge in [-0.2, -0.15) is 26.3 Å². The predicted octanol–water partition coefficient (Wildman–Crippen LogP) is 6.28. The summed E-state index contributed by atoms with van der Waals surface area (Å²) >= 11 is 0. The van der Waals surface area contributed by atoms with Gasteiger partial charge in [0, 0.05) is 17.0 Å². The number of rotatable bonds is 5. The van der Waals surface area contributed by atoms with Crippen LogP contribution in [0.3, 0.4) is 0 Å². The molecule has 202 valence electrons. The van der Waals surface area contributed by atoms with Crippen molar-refractivity contribution in [2.45, 2.75) is 58.0 Å². The van der Waals surface area contributed by atoms with Crippen LogP contribution >= 0.6 is 0 Å². The third-order valence-corrected chi connectivity index (χ3v) is 6.77. The number of halogens is 6. The average molecular weight is 538 g/mol. The molecule has 1 N–H and O–H groups in total. The number of benzene rings is 2. The number of hydrogen-bond donors (Lipinski definition) is 1. The van der Waals surface area contributed by atoms with Crippen LogP contribution < -0.4 is 10.2 Å². The van der Waals surface area contributed by atoms with Gasteiger partial charge >= 0.3 is 12.4 Å². The zero-order valence-electron chi connectivity index (χ0n) is 20.6. The SMILES string of the molecule is CC[C@@H](C)C(=O)N[C@H]1CCc2ccccc2N(Cc2cc(C(F)(F)F)nc3ccc(C(F)(F)F)cc23)C1=O. The van der Waals surface area contributed by atoms with E-state index in [2.05, 4.69) is 10.3 Å². The van der Waals surface area contributed by atoms with Crippen LogP contribution in [0.15, 0.2) is 48.5 Å². The van der Waals surface area contributed by atoms with Crippen LogP contribution in [0.25, 0.3) is 10.9 Å². The standard InChI is InChI=1S/C27H25F6N3O2/c1-3-15(2)24(37)35-21-10-8-16-6-4-5-7-22(16)36(25(21)38)14-17-12-23(27(31,32)33)34-20-11-9-18(13-19(17)20)26(28,29)30/h4-7,9,11-13,15,21H,3,8,10,14H2,1-2H3,(H,35,37)/t15-,21+/m1/s1. The summed E-state index contributed by atoms with van der Waals surface area (Å²) in [5, 5.41) is 2.59. The van der Waals surface area contributed by atoms with E-state index in [1.165, 1.54) is 4.90 Å². The van der Waals surface area contributed by atoms with Gasteiger partial charge in [0.05, 0.1) is 17.6 Å². The quantitative estimate of drug-likeness (QED) is 0.390. The van der Waals surface area contributed by atoms with E-state index < -0.39 is 42.1 Å². The van der Waals surface area contributed by atoms with Crippen molar-refractivity contribution in [2.75, 3.05) is 4.90 Å². The predicted molar refractivity (Wildman–Crippen MR) is 129 cm³/mol. The number of anilines is 1. The Morgan fingerprint density at radius 2 is 1.79 bits per heavy atom. The molecule has 2 aromatic carbocycles. The van der Waals surface area contributed by atoms with Gasteiger partial charge in [-0.1, -0.05) is 32.0 Å². The summed E-state index contributed by atoms with van der Waals surface area (Å²) in [6.07, 6.45) is -8.38. The molecule has 0 aliphatic carbocycles. The highest BCUT2D eigenvalue weighted by Gasteiger charge is 2.37. The van der Waals surface area contributed by atoms with Crippen LogP contribution in [0.5, 0.6) is 0 Å². The van der Waals surface area contributed by atoms with E-state index in [0.29, 0.717) is 30.7 Å². The first-order valence-corrected chi connectivity index (χ1v) is 12.1. The van der Waals surface area contributed by atoms with Crippen LogP contribution in [0.4, 0.5) is 32.0 Å². The molecule has 0 spiro atoms. The topological polar surface area (TPSA) is 62.3 Å². The van der Waals surface area contributed by atoms with Crippen molar-refractivity contribution < 1.29 is 35.9 Å². The van der Waals surface area contributed by atoms with Gasteiger partial charge in [-0.25, -0.2) is 4.98 Å². The summed E-state index contributed by atoms with van der Waals surface area (Å²) < 4.78 is 81.4. The molecular formula is C27H25F6N3O2. The van der Waals surface area contributed by atoms with Crippen molar-refractivity contribution in [3.8, 4) is 0 Å². The number of carbonyl (C=O) groups is 2. The Morgan fingerprint density at radius 1 is 1.08 bits per heavy atom. The zero-order valence-corrected chi connectivity index (χ0v) is 20.6. The van der Waals surface area contributed by atoms with Gasteiger partial charge in [0.2, 0.25) is 11.8 Å². The van der Waals surface area contributed by atoms with Crippen LogP contribution in [-0.2, 0) is 34.9 Å². The molecule has 0 fully saturated rings. The van der Waals surface area contributed by atoms with Crippen LogP contribution in [0.1, 0.15) is 49.1 Å². The maximum atomic E-state index is 13.7. The molecule has 0 radical (unpaired) electrons. The van der Waals surface area contributed by atoms with Gasteiger partial charge in [-0.3, -0.25) is 9.59 Å². The second kappa shape index (κ2) is 10.3. The molecule has 11 heteroatoms. The van der Waals surface area contributed by atoms with Crippen molar-refractivity contribution in [1.29, 1.82) is 0 Å². The molecular weight excluding hydrogens is 512 g/mol. The number of aromatic nitrogens is 1. The molecule has 0 bridgehead atoms. The molecule has 0 saturated carbocycles. The molecule has 0 saturated heterocycles. The number of amides is 2. The molecule has 0 unspecified atom stereocenters. The first kappa shape index (κ1) is 27.4. The Hall–Kier alpha value is -3.63. The van der Waals surface area contributed by atoms with E-state index >= 15 is 0 Å². The van der Waals surface area contributed by atoms with E-state index in [0.717, 1.165) is 17.7 Å². The molecule has 1 aliphatic heterocycles. The lowest BCUT2D eigenvalue weighted by molar-refractivity contribution is -0.141. The maximum Gasteiger partial charge on any atom is 0.433 e. The Balaban J connectivity index is 1.84. The van der Waals surface area contributed by atoms with E-state index in [4.69, 9.17) is 0 Å². The van der Waals surface area contributed by atoms with E-state index in [-0.39, 0.29) is 34.7 Å². The lowest BCUT2D eigenvalue weighted by Gasteiger charge is -2.28. The minimum atomic E-state index is -4.86. The van der Waals surface area contributed by atoms with Gasteiger partial charge in [-0.15, -0.1) is 0 Å². The fourth-order valence-electron chi connectivity index (χ4n) is 4.43. The number of aryl methyl sites for hydroxylation is 1. The number of carbonyl (C=O) groups excluding carboxylic acids is 2. The number of alkyl halides is 6. The van der Waals surface area contributed by atoms with Gasteiger partial charge < -0.3 is 10.2 Å². The number of fused-ring (bicyclic) bond motifs is 2. The molecule has 1 aromatic heterocycles. The lowest BCUT2D eigenvalue weighted by Crippen LogP contribution is -2.49. The summed E-state index contributed by atoms with van der Waals surface area (Å²) in [4.78, 5) is 31.0. The third kappa shape index (κ3) is 5.61. The lowest BCUT2D eigenvalue weighted by atomic mass is 10.0. The largest absolute Gasteiger partial charge is 0.433 e. The van der Waals surface area contributed by atoms with Crippen LogP contribution in [0.2, 0.25) is 0 Å². The van der Waals surface area contributed by atoms with Crippen molar-refractivity contribution in [1.82, 2.24) is 10.3 Å². The molecule has 4 rings (SSSR count). The average Bonchev–Trinajstić information content (AvgIpc) is 2.99. The first-order valence-electron chi connectivity index (χ1n) is 12.1. The van der Waals surface area contributed by atoms with Crippen molar-refractivity contribution in [3.05, 3.63) is 70.9 Å². The smallest absolute Gasteiger partial charge is 0.344 e. The van der Waals surface area contributed by atoms with Crippen LogP contribution in [0, 0.1) is 5.92 Å². The van der Waals surface area contributed by atoms with E-state index in [9.17, 15) is 35.9 Å². The Kier molecular flexibility index (Phi) is 7.40.